The topological polar surface area (TPSA) is 98.8 Å². The second-order valence-electron chi connectivity index (χ2n) is 4.99. The van der Waals surface area contributed by atoms with Crippen LogP contribution in [-0.2, 0) is 12.4 Å². The lowest BCUT2D eigenvalue weighted by Gasteiger charge is -2.15. The van der Waals surface area contributed by atoms with E-state index in [0.717, 1.165) is 0 Å². The molecule has 2 rings (SSSR count). The second-order valence-corrected chi connectivity index (χ2v) is 11.6. The second kappa shape index (κ2) is 8.39. The van der Waals surface area contributed by atoms with Crippen LogP contribution in [0.4, 0.5) is 0 Å². The highest BCUT2D eigenvalue weighted by Crippen LogP contribution is 2.41. The zero-order chi connectivity index (χ0) is 19.7. The van der Waals surface area contributed by atoms with Crippen LogP contribution in [0.25, 0.3) is 0 Å². The lowest BCUT2D eigenvalue weighted by atomic mass is 10.2. The summed E-state index contributed by atoms with van der Waals surface area (Å²) in [6.07, 6.45) is 1.82. The van der Waals surface area contributed by atoms with Gasteiger partial charge in [0.25, 0.3) is 0 Å². The number of primary amides is 1. The van der Waals surface area contributed by atoms with Crippen molar-refractivity contribution in [2.75, 3.05) is 5.75 Å². The van der Waals surface area contributed by atoms with Crippen LogP contribution >= 0.6 is 80.5 Å². The number of carbonyl (C=O) groups is 2. The first-order valence-electron chi connectivity index (χ1n) is 6.77. The molecule has 26 heavy (non-hydrogen) atoms. The molecule has 1 aliphatic rings. The first kappa shape index (κ1) is 22.0. The Kier molecular flexibility index (Phi) is 7.10. The molecule has 1 aromatic heterocycles. The van der Waals surface area contributed by atoms with Crippen molar-refractivity contribution in [3.8, 4) is 0 Å². The summed E-state index contributed by atoms with van der Waals surface area (Å²) in [4.78, 5) is 35.1. The minimum absolute atomic E-state index is 0.217. The molecule has 1 amide bonds. The molecule has 0 saturated heterocycles. The number of hydrogen-bond acceptors (Lipinski definition) is 5. The fourth-order valence-corrected chi connectivity index (χ4v) is 4.08. The number of carbonyl (C=O) groups excluding carboxylic acids is 2. The number of hydrogen-bond donors (Lipinski definition) is 2. The normalized spacial score (nSPS) is 18.7. The van der Waals surface area contributed by atoms with Crippen LogP contribution in [0.3, 0.4) is 0 Å². The molecule has 0 fully saturated rings. The Hall–Kier alpha value is -0.280. The molecule has 0 aliphatic carbocycles. The van der Waals surface area contributed by atoms with E-state index in [2.05, 4.69) is 15.0 Å². The van der Waals surface area contributed by atoms with Crippen LogP contribution < -0.4 is 5.73 Å². The van der Waals surface area contributed by atoms with E-state index in [1.165, 1.54) is 0 Å². The van der Waals surface area contributed by atoms with Crippen molar-refractivity contribution in [2.45, 2.75) is 14.0 Å². The predicted octanol–water partition coefficient (Wildman–Crippen LogP) is 4.00. The van der Waals surface area contributed by atoms with Gasteiger partial charge in [-0.05, 0) is 22.6 Å². The Morgan fingerprint density at radius 3 is 2.00 bits per heavy atom. The van der Waals surface area contributed by atoms with Crippen molar-refractivity contribution in [1.82, 2.24) is 15.0 Å². The lowest BCUT2D eigenvalue weighted by molar-refractivity contribution is -0.117. The van der Waals surface area contributed by atoms with Crippen LogP contribution in [0.15, 0.2) is 22.5 Å². The molecular formula is C13H10Cl6N4O2S. The van der Waals surface area contributed by atoms with Crippen molar-refractivity contribution in [2.24, 2.45) is 5.73 Å². The van der Waals surface area contributed by atoms with E-state index in [9.17, 15) is 9.59 Å². The van der Waals surface area contributed by atoms with E-state index >= 15 is 0 Å². The summed E-state index contributed by atoms with van der Waals surface area (Å²) in [6.45, 7) is 0. The highest BCUT2D eigenvalue weighted by molar-refractivity contribution is 8.22. The van der Waals surface area contributed by atoms with Gasteiger partial charge in [-0.2, -0.15) is 0 Å². The Morgan fingerprint density at radius 1 is 1.00 bits per heavy atom. The number of nitrogens with zero attached hydrogens (tertiary/aromatic N) is 3. The van der Waals surface area contributed by atoms with E-state index < -0.39 is 30.2 Å². The lowest BCUT2D eigenvalue weighted by Crippen LogP contribution is -2.20. The maximum atomic E-state index is 12.7. The highest BCUT2D eigenvalue weighted by atomic mass is 35.6. The fraction of sp³-hybridized carbons (Fsp3) is 0.308. The Labute approximate surface area is 181 Å². The summed E-state index contributed by atoms with van der Waals surface area (Å²) in [5.74, 6) is -1.45. The summed E-state index contributed by atoms with van der Waals surface area (Å²) < 4.78 is -4.09. The SMILES string of the molecule is NC(=O)CC[SH]1C=CC(C(=O)c2nc(C(Cl)(Cl)Cl)nc(C(Cl)(Cl)Cl)n2)=C1. The van der Waals surface area contributed by atoms with Crippen LogP contribution in [0.2, 0.25) is 0 Å². The molecule has 0 spiro atoms. The molecule has 1 aliphatic heterocycles. The van der Waals surface area contributed by atoms with Crippen molar-refractivity contribution < 1.29 is 9.59 Å². The van der Waals surface area contributed by atoms with Crippen LogP contribution in [-0.4, -0.2) is 32.4 Å². The predicted molar refractivity (Wildman–Crippen MR) is 108 cm³/mol. The van der Waals surface area contributed by atoms with E-state index in [1.54, 1.807) is 11.5 Å². The minimum atomic E-state index is -2.05. The molecule has 2 heterocycles. The molecule has 0 radical (unpaired) electrons. The van der Waals surface area contributed by atoms with Crippen LogP contribution in [0.1, 0.15) is 28.7 Å². The molecule has 1 atom stereocenters. The van der Waals surface area contributed by atoms with E-state index in [1.807, 2.05) is 5.41 Å². The summed E-state index contributed by atoms with van der Waals surface area (Å²) in [5.41, 5.74) is 5.45. The molecule has 6 nitrogen and oxygen atoms in total. The summed E-state index contributed by atoms with van der Waals surface area (Å²) in [5, 5.41) is 3.53. The van der Waals surface area contributed by atoms with E-state index in [4.69, 9.17) is 75.3 Å². The number of rotatable bonds is 5. The quantitative estimate of drug-likeness (QED) is 0.363. The number of alkyl halides is 6. The molecule has 0 aromatic carbocycles. The van der Waals surface area contributed by atoms with Gasteiger partial charge in [0.1, 0.15) is 0 Å². The first-order valence-corrected chi connectivity index (χ1v) is 10.7. The largest absolute Gasteiger partial charge is 0.370 e. The number of aromatic nitrogens is 3. The molecule has 0 bridgehead atoms. The van der Waals surface area contributed by atoms with Gasteiger partial charge in [-0.15, -0.1) is 0 Å². The molecule has 2 N–H and O–H groups in total. The van der Waals surface area contributed by atoms with Gasteiger partial charge in [-0.25, -0.2) is 25.8 Å². The van der Waals surface area contributed by atoms with Gasteiger partial charge < -0.3 is 5.73 Å². The van der Waals surface area contributed by atoms with Crippen molar-refractivity contribution >= 4 is 92.2 Å². The molecule has 1 aromatic rings. The molecule has 13 heteroatoms. The van der Waals surface area contributed by atoms with Gasteiger partial charge in [0.2, 0.25) is 25.1 Å². The number of nitrogens with two attached hydrogens (primary N) is 1. The van der Waals surface area contributed by atoms with Crippen LogP contribution in [0.5, 0.6) is 0 Å². The average Bonchev–Trinajstić information content (AvgIpc) is 2.99. The fourth-order valence-electron chi connectivity index (χ4n) is 1.81. The zero-order valence-electron chi connectivity index (χ0n) is 12.6. The first-order chi connectivity index (χ1) is 11.9. The van der Waals surface area contributed by atoms with E-state index in [0.29, 0.717) is 11.3 Å². The molecule has 142 valence electrons. The molecular weight excluding hydrogens is 489 g/mol. The average molecular weight is 499 g/mol. The summed E-state index contributed by atoms with van der Waals surface area (Å²) in [7, 11) is -0.792. The van der Waals surface area contributed by atoms with Gasteiger partial charge in [0.05, 0.1) is 0 Å². The third kappa shape index (κ3) is 5.86. The molecule has 1 unspecified atom stereocenters. The van der Waals surface area contributed by atoms with E-state index in [-0.39, 0.29) is 23.9 Å². The number of halogens is 6. The van der Waals surface area contributed by atoms with Gasteiger partial charge in [-0.3, -0.25) is 9.59 Å². The minimum Gasteiger partial charge on any atom is -0.370 e. The summed E-state index contributed by atoms with van der Waals surface area (Å²) in [6, 6.07) is 0. The smallest absolute Gasteiger partial charge is 0.250 e. The van der Waals surface area contributed by atoms with Gasteiger partial charge >= 0.3 is 0 Å². The molecule has 0 saturated carbocycles. The Balaban J connectivity index is 2.36. The zero-order valence-corrected chi connectivity index (χ0v) is 18.0. The number of ketones is 1. The number of thiol groups is 1. The number of Topliss-reactive ketones (excluding diaryl/α,β-unsaturated/α-hetero) is 1. The maximum absolute atomic E-state index is 12.7. The monoisotopic (exact) mass is 496 g/mol. The third-order valence-electron chi connectivity index (χ3n) is 2.97. The van der Waals surface area contributed by atoms with Crippen molar-refractivity contribution in [1.29, 1.82) is 0 Å². The highest BCUT2D eigenvalue weighted by Gasteiger charge is 2.35. The number of amides is 1. The Bertz CT molecular complexity index is 771. The number of allylic oxidation sites excluding steroid dienone is 2. The van der Waals surface area contributed by atoms with Crippen molar-refractivity contribution in [3.63, 3.8) is 0 Å². The standard InChI is InChI=1S/C13H10Cl6N4O2S/c14-12(15,16)10-21-9(22-11(23-10)13(17,18)19)8(25)6-1-3-26(5-6)4-2-7(20)24/h1,3,5,26H,2,4H2,(H2,20,24). The van der Waals surface area contributed by atoms with Crippen molar-refractivity contribution in [3.05, 3.63) is 39.9 Å². The maximum Gasteiger partial charge on any atom is 0.250 e. The van der Waals surface area contributed by atoms with Gasteiger partial charge in [-0.1, -0.05) is 69.6 Å². The Morgan fingerprint density at radius 2 is 1.54 bits per heavy atom. The summed E-state index contributed by atoms with van der Waals surface area (Å²) >= 11 is 34.7. The van der Waals surface area contributed by atoms with Crippen LogP contribution in [0, 0.1) is 0 Å². The van der Waals surface area contributed by atoms with Gasteiger partial charge in [0.15, 0.2) is 11.6 Å². The van der Waals surface area contributed by atoms with Gasteiger partial charge in [0, 0.05) is 12.0 Å². The third-order valence-corrected chi connectivity index (χ3v) is 5.87.